The number of phenols is 1. The Morgan fingerprint density at radius 1 is 1.00 bits per heavy atom. The van der Waals surface area contributed by atoms with E-state index in [9.17, 15) is 29.7 Å². The Bertz CT molecular complexity index is 1380. The molecule has 1 amide bonds. The van der Waals surface area contributed by atoms with Crippen LogP contribution in [0, 0.1) is 24.7 Å². The first-order valence-electron chi connectivity index (χ1n) is 11.5. The summed E-state index contributed by atoms with van der Waals surface area (Å²) in [6.45, 7) is 2.01. The number of aryl methyl sites for hydroxylation is 1. The molecule has 0 aliphatic heterocycles. The quantitative estimate of drug-likeness (QED) is 0.395. The Kier molecular flexibility index (Phi) is 5.35. The maximum Gasteiger partial charge on any atom is 0.255 e. The molecule has 0 spiro atoms. The lowest BCUT2D eigenvalue weighted by molar-refractivity contribution is -0.126. The molecule has 0 bridgehead atoms. The van der Waals surface area contributed by atoms with Gasteiger partial charge in [0.05, 0.1) is 11.5 Å². The van der Waals surface area contributed by atoms with Crippen LogP contribution in [0.2, 0.25) is 0 Å². The Labute approximate surface area is 201 Å². The number of aromatic hydroxyl groups is 1. The highest BCUT2D eigenvalue weighted by Gasteiger charge is 2.50. The molecule has 3 aliphatic rings. The number of ketones is 2. The molecule has 3 aliphatic carbocycles. The van der Waals surface area contributed by atoms with Crippen LogP contribution in [0.3, 0.4) is 0 Å². The van der Waals surface area contributed by atoms with Crippen molar-refractivity contribution in [3.05, 3.63) is 86.9 Å². The molecule has 5 rings (SSSR count). The second kappa shape index (κ2) is 8.27. The van der Waals surface area contributed by atoms with E-state index in [4.69, 9.17) is 5.73 Å². The molecular weight excluding hydrogens is 446 g/mol. The predicted molar refractivity (Wildman–Crippen MR) is 129 cm³/mol. The maximum atomic E-state index is 13.5. The van der Waals surface area contributed by atoms with Gasteiger partial charge in [-0.3, -0.25) is 14.4 Å². The van der Waals surface area contributed by atoms with Gasteiger partial charge in [-0.25, -0.2) is 0 Å². The number of nitrogens with two attached hydrogens (primary N) is 1. The lowest BCUT2D eigenvalue weighted by Crippen LogP contribution is -2.43. The Hall–Kier alpha value is -4.13. The number of Topliss-reactive ketones (excluding diaryl/α,β-unsaturated/α-hetero) is 2. The molecule has 3 atom stereocenters. The number of fused-ring (bicyclic) bond motifs is 3. The van der Waals surface area contributed by atoms with Gasteiger partial charge in [0.25, 0.3) is 5.91 Å². The van der Waals surface area contributed by atoms with Gasteiger partial charge in [0.1, 0.15) is 22.8 Å². The monoisotopic (exact) mass is 471 g/mol. The fourth-order valence-corrected chi connectivity index (χ4v) is 5.68. The first-order valence-corrected chi connectivity index (χ1v) is 11.5. The van der Waals surface area contributed by atoms with E-state index < -0.39 is 40.6 Å². The van der Waals surface area contributed by atoms with Gasteiger partial charge >= 0.3 is 0 Å². The normalized spacial score (nSPS) is 23.9. The molecule has 5 N–H and O–H groups in total. The van der Waals surface area contributed by atoms with Crippen molar-refractivity contribution in [1.29, 1.82) is 0 Å². The van der Waals surface area contributed by atoms with Crippen LogP contribution in [0.15, 0.2) is 59.1 Å². The summed E-state index contributed by atoms with van der Waals surface area (Å²) in [7, 11) is 0. The minimum Gasteiger partial charge on any atom is -0.511 e. The van der Waals surface area contributed by atoms with Gasteiger partial charge in [0.15, 0.2) is 11.6 Å². The predicted octanol–water partition coefficient (Wildman–Crippen LogP) is 3.94. The molecular formula is C28H25NO6. The van der Waals surface area contributed by atoms with E-state index >= 15 is 0 Å². The number of hydrogen-bond acceptors (Lipinski definition) is 6. The fourth-order valence-electron chi connectivity index (χ4n) is 5.68. The summed E-state index contributed by atoms with van der Waals surface area (Å²) in [4.78, 5) is 38.2. The lowest BCUT2D eigenvalue weighted by atomic mass is 9.62. The zero-order chi connectivity index (χ0) is 25.0. The van der Waals surface area contributed by atoms with Gasteiger partial charge in [-0.05, 0) is 54.4 Å². The molecule has 0 radical (unpaired) electrons. The van der Waals surface area contributed by atoms with Gasteiger partial charge < -0.3 is 21.1 Å². The van der Waals surface area contributed by atoms with E-state index in [0.717, 1.165) is 16.7 Å². The third-order valence-corrected chi connectivity index (χ3v) is 7.34. The molecule has 2 aromatic carbocycles. The highest BCUT2D eigenvalue weighted by Crippen LogP contribution is 2.49. The van der Waals surface area contributed by atoms with Crippen molar-refractivity contribution in [2.24, 2.45) is 23.5 Å². The summed E-state index contributed by atoms with van der Waals surface area (Å²) in [5.41, 5.74) is 8.56. The third kappa shape index (κ3) is 3.64. The van der Waals surface area contributed by atoms with Crippen molar-refractivity contribution in [3.8, 4) is 5.75 Å². The second-order valence-electron chi connectivity index (χ2n) is 9.53. The van der Waals surface area contributed by atoms with Crippen LogP contribution >= 0.6 is 0 Å². The SMILES string of the molecule is Cc1ccc(/C=C/c2ccc(O)c3c2C[C@H]2C[C@H]4CC(O)=C(C(N)=O)C(=O)C4C(O)=C2C3=O)cc1. The van der Waals surface area contributed by atoms with Crippen LogP contribution < -0.4 is 5.73 Å². The Balaban J connectivity index is 1.57. The van der Waals surface area contributed by atoms with Gasteiger partial charge in [0, 0.05) is 12.0 Å². The van der Waals surface area contributed by atoms with E-state index in [1.165, 1.54) is 6.07 Å². The zero-order valence-electron chi connectivity index (χ0n) is 19.1. The third-order valence-electron chi connectivity index (χ3n) is 7.34. The highest BCUT2D eigenvalue weighted by atomic mass is 16.3. The molecule has 7 heteroatoms. The first-order chi connectivity index (χ1) is 16.7. The molecule has 0 heterocycles. The van der Waals surface area contributed by atoms with Crippen LogP contribution in [0.25, 0.3) is 12.2 Å². The molecule has 0 saturated heterocycles. The molecule has 178 valence electrons. The summed E-state index contributed by atoms with van der Waals surface area (Å²) in [5, 5.41) is 31.9. The maximum absolute atomic E-state index is 13.5. The number of benzene rings is 2. The van der Waals surface area contributed by atoms with Crippen molar-refractivity contribution in [1.82, 2.24) is 0 Å². The molecule has 0 aromatic heterocycles. The van der Waals surface area contributed by atoms with Gasteiger partial charge in [-0.2, -0.15) is 0 Å². The summed E-state index contributed by atoms with van der Waals surface area (Å²) < 4.78 is 0. The van der Waals surface area contributed by atoms with Crippen molar-refractivity contribution in [2.45, 2.75) is 26.2 Å². The smallest absolute Gasteiger partial charge is 0.255 e. The number of aliphatic hydroxyl groups is 2. The van der Waals surface area contributed by atoms with Crippen LogP contribution in [0.1, 0.15) is 45.5 Å². The van der Waals surface area contributed by atoms with Crippen LogP contribution in [0.4, 0.5) is 0 Å². The number of primary amides is 1. The minimum atomic E-state index is -1.11. The van der Waals surface area contributed by atoms with Crippen molar-refractivity contribution in [2.75, 3.05) is 0 Å². The van der Waals surface area contributed by atoms with Gasteiger partial charge in [0.2, 0.25) is 0 Å². The average Bonchev–Trinajstić information content (AvgIpc) is 2.78. The first kappa shape index (κ1) is 22.7. The van der Waals surface area contributed by atoms with E-state index in [2.05, 4.69) is 0 Å². The number of carbonyl (C=O) groups excluding carboxylic acids is 3. The summed E-state index contributed by atoms with van der Waals surface area (Å²) in [6, 6.07) is 11.2. The topological polar surface area (TPSA) is 138 Å². The molecule has 1 unspecified atom stereocenters. The number of amides is 1. The molecule has 7 nitrogen and oxygen atoms in total. The van der Waals surface area contributed by atoms with E-state index in [1.54, 1.807) is 6.07 Å². The summed E-state index contributed by atoms with van der Waals surface area (Å²) >= 11 is 0. The van der Waals surface area contributed by atoms with Crippen molar-refractivity contribution >= 4 is 29.6 Å². The van der Waals surface area contributed by atoms with Crippen LogP contribution in [-0.4, -0.2) is 32.8 Å². The number of hydrogen-bond donors (Lipinski definition) is 4. The van der Waals surface area contributed by atoms with Crippen LogP contribution in [0.5, 0.6) is 5.75 Å². The molecule has 35 heavy (non-hydrogen) atoms. The largest absolute Gasteiger partial charge is 0.511 e. The number of phenolic OH excluding ortho intramolecular Hbond substituents is 1. The number of carbonyl (C=O) groups is 3. The lowest BCUT2D eigenvalue weighted by Gasteiger charge is -2.41. The van der Waals surface area contributed by atoms with Gasteiger partial charge in [-0.15, -0.1) is 0 Å². The zero-order valence-corrected chi connectivity index (χ0v) is 19.1. The Morgan fingerprint density at radius 2 is 1.71 bits per heavy atom. The Morgan fingerprint density at radius 3 is 2.40 bits per heavy atom. The highest BCUT2D eigenvalue weighted by molar-refractivity contribution is 6.22. The summed E-state index contributed by atoms with van der Waals surface area (Å²) in [6.07, 6.45) is 4.60. The number of allylic oxidation sites excluding steroid dienone is 3. The van der Waals surface area contributed by atoms with E-state index in [1.807, 2.05) is 43.3 Å². The average molecular weight is 472 g/mol. The summed E-state index contributed by atoms with van der Waals surface area (Å²) in [5.74, 6) is -5.28. The molecule has 0 fully saturated rings. The van der Waals surface area contributed by atoms with Crippen molar-refractivity contribution < 1.29 is 29.7 Å². The minimum absolute atomic E-state index is 0.0176. The van der Waals surface area contributed by atoms with Gasteiger partial charge in [-0.1, -0.05) is 48.0 Å². The standard InChI is InChI=1S/C28H25NO6/c1-13-2-4-14(5-3-13)6-7-15-8-9-19(30)23-18(15)11-16-10-17-12-20(31)24(28(29)35)27(34)22(17)25(32)21(16)26(23)33/h2-9,16-17,22,30-32H,10-12H2,1H3,(H2,29,35)/b7-6+/t16-,17+,22?/m1/s1. The van der Waals surface area contributed by atoms with Crippen molar-refractivity contribution in [3.63, 3.8) is 0 Å². The van der Waals surface area contributed by atoms with E-state index in [0.29, 0.717) is 18.4 Å². The van der Waals surface area contributed by atoms with E-state index in [-0.39, 0.29) is 35.0 Å². The second-order valence-corrected chi connectivity index (χ2v) is 9.53. The molecule has 0 saturated carbocycles. The number of aliphatic hydroxyl groups excluding tert-OH is 2. The molecule has 2 aromatic rings. The number of rotatable bonds is 3. The van der Waals surface area contributed by atoms with Crippen LogP contribution in [-0.2, 0) is 16.0 Å². The fraction of sp³-hybridized carbons (Fsp3) is 0.250.